The van der Waals surface area contributed by atoms with Crippen molar-refractivity contribution in [2.75, 3.05) is 0 Å². The van der Waals surface area contributed by atoms with Gasteiger partial charge in [0.15, 0.2) is 0 Å². The first-order valence-corrected chi connectivity index (χ1v) is 8.06. The number of carbonyl (C=O) groups is 2. The molecule has 2 heteroatoms. The molecule has 4 rings (SSSR count). The van der Waals surface area contributed by atoms with Crippen LogP contribution in [0.3, 0.4) is 0 Å². The van der Waals surface area contributed by atoms with Crippen molar-refractivity contribution in [1.29, 1.82) is 0 Å². The number of fused-ring (bicyclic) bond motifs is 4. The van der Waals surface area contributed by atoms with E-state index < -0.39 is 0 Å². The molecule has 20 heavy (non-hydrogen) atoms. The molecule has 0 radical (unpaired) electrons. The summed E-state index contributed by atoms with van der Waals surface area (Å²) in [7, 11) is 0. The highest BCUT2D eigenvalue weighted by Crippen LogP contribution is 2.57. The predicted octanol–water partition coefficient (Wildman–Crippen LogP) is 3.76. The molecule has 0 N–H and O–H groups in total. The van der Waals surface area contributed by atoms with E-state index in [-0.39, 0.29) is 5.41 Å². The Kier molecular flexibility index (Phi) is 2.61. The molecule has 4 aliphatic rings. The lowest BCUT2D eigenvalue weighted by Crippen LogP contribution is -2.39. The topological polar surface area (TPSA) is 34.1 Å². The summed E-state index contributed by atoms with van der Waals surface area (Å²) in [5.41, 5.74) is 4.35. The summed E-state index contributed by atoms with van der Waals surface area (Å²) in [5.74, 6) is 2.05. The largest absolute Gasteiger partial charge is 0.299 e. The zero-order valence-electron chi connectivity index (χ0n) is 12.2. The van der Waals surface area contributed by atoms with Gasteiger partial charge in [0.25, 0.3) is 0 Å². The van der Waals surface area contributed by atoms with Crippen LogP contribution in [0.1, 0.15) is 58.3 Å². The number of rotatable bonds is 0. The van der Waals surface area contributed by atoms with E-state index in [1.54, 1.807) is 0 Å². The van der Waals surface area contributed by atoms with Gasteiger partial charge in [0.1, 0.15) is 11.6 Å². The molecule has 3 atom stereocenters. The smallest absolute Gasteiger partial charge is 0.139 e. The van der Waals surface area contributed by atoms with Crippen LogP contribution >= 0.6 is 0 Å². The molecule has 0 unspecified atom stereocenters. The van der Waals surface area contributed by atoms with Crippen molar-refractivity contribution in [3.05, 3.63) is 22.8 Å². The SMILES string of the molecule is C[C@]12CC=C3C4=C(CC[C@H]3[C@@H]1CCC2=O)CC(=O)CC4. The van der Waals surface area contributed by atoms with Gasteiger partial charge in [0, 0.05) is 24.7 Å². The summed E-state index contributed by atoms with van der Waals surface area (Å²) in [6.07, 6.45) is 9.76. The maximum atomic E-state index is 12.2. The van der Waals surface area contributed by atoms with Crippen molar-refractivity contribution >= 4 is 11.6 Å². The Morgan fingerprint density at radius 2 is 1.95 bits per heavy atom. The minimum absolute atomic E-state index is 0.0866. The van der Waals surface area contributed by atoms with E-state index in [0.717, 1.165) is 44.9 Å². The van der Waals surface area contributed by atoms with Gasteiger partial charge in [-0.3, -0.25) is 9.59 Å². The summed E-state index contributed by atoms with van der Waals surface area (Å²) in [6, 6.07) is 0. The maximum Gasteiger partial charge on any atom is 0.139 e. The fourth-order valence-electron chi connectivity index (χ4n) is 5.19. The van der Waals surface area contributed by atoms with Crippen molar-refractivity contribution in [3.63, 3.8) is 0 Å². The summed E-state index contributed by atoms with van der Waals surface area (Å²) in [4.78, 5) is 23.9. The lowest BCUT2D eigenvalue weighted by molar-refractivity contribution is -0.127. The summed E-state index contributed by atoms with van der Waals surface area (Å²) in [5, 5.41) is 0. The van der Waals surface area contributed by atoms with Crippen LogP contribution < -0.4 is 0 Å². The second kappa shape index (κ2) is 4.16. The molecule has 1 fully saturated rings. The zero-order chi connectivity index (χ0) is 13.9. The molecular formula is C18H22O2. The van der Waals surface area contributed by atoms with Crippen LogP contribution in [0.2, 0.25) is 0 Å². The van der Waals surface area contributed by atoms with Crippen molar-refractivity contribution in [2.24, 2.45) is 17.3 Å². The van der Waals surface area contributed by atoms with Crippen molar-refractivity contribution in [1.82, 2.24) is 0 Å². The molecule has 0 aromatic rings. The van der Waals surface area contributed by atoms with E-state index in [0.29, 0.717) is 29.8 Å². The number of Topliss-reactive ketones (excluding diaryl/α,β-unsaturated/α-hetero) is 2. The number of hydrogen-bond acceptors (Lipinski definition) is 2. The predicted molar refractivity (Wildman–Crippen MR) is 77.1 cm³/mol. The van der Waals surface area contributed by atoms with E-state index >= 15 is 0 Å². The van der Waals surface area contributed by atoms with E-state index in [4.69, 9.17) is 0 Å². The van der Waals surface area contributed by atoms with E-state index in [1.807, 2.05) is 0 Å². The second-order valence-electron chi connectivity index (χ2n) is 7.29. The monoisotopic (exact) mass is 270 g/mol. The Morgan fingerprint density at radius 3 is 2.80 bits per heavy atom. The molecule has 0 saturated heterocycles. The maximum absolute atomic E-state index is 12.2. The average molecular weight is 270 g/mol. The quantitative estimate of drug-likeness (QED) is 0.671. The third kappa shape index (κ3) is 1.57. The van der Waals surface area contributed by atoms with Gasteiger partial charge in [0.05, 0.1) is 0 Å². The van der Waals surface area contributed by atoms with Gasteiger partial charge in [-0.25, -0.2) is 0 Å². The molecule has 2 nitrogen and oxygen atoms in total. The van der Waals surface area contributed by atoms with Gasteiger partial charge in [0.2, 0.25) is 0 Å². The van der Waals surface area contributed by atoms with Gasteiger partial charge in [-0.2, -0.15) is 0 Å². The first-order chi connectivity index (χ1) is 9.59. The number of allylic oxidation sites excluding steroid dienone is 4. The molecule has 0 heterocycles. The molecule has 1 saturated carbocycles. The highest BCUT2D eigenvalue weighted by atomic mass is 16.1. The zero-order valence-corrected chi connectivity index (χ0v) is 12.2. The molecule has 0 bridgehead atoms. The summed E-state index contributed by atoms with van der Waals surface area (Å²) < 4.78 is 0. The highest BCUT2D eigenvalue weighted by molar-refractivity contribution is 5.88. The molecule has 0 spiro atoms. The van der Waals surface area contributed by atoms with Crippen LogP contribution in [0.5, 0.6) is 0 Å². The lowest BCUT2D eigenvalue weighted by Gasteiger charge is -2.44. The Morgan fingerprint density at radius 1 is 1.10 bits per heavy atom. The van der Waals surface area contributed by atoms with Crippen molar-refractivity contribution < 1.29 is 9.59 Å². The standard InChI is InChI=1S/C18H22O2/c1-18-9-8-14-13-5-3-12(19)10-11(13)2-4-15(14)16(18)6-7-17(18)20/h8,15-16H,2-7,9-10H2,1H3/t15-,16+,18+/m1/s1. The first kappa shape index (κ1) is 12.6. The fourth-order valence-corrected chi connectivity index (χ4v) is 5.19. The molecule has 0 aliphatic heterocycles. The minimum atomic E-state index is -0.0866. The molecule has 0 aromatic carbocycles. The molecule has 4 aliphatic carbocycles. The van der Waals surface area contributed by atoms with Gasteiger partial charge in [-0.1, -0.05) is 18.6 Å². The van der Waals surface area contributed by atoms with Gasteiger partial charge < -0.3 is 0 Å². The van der Waals surface area contributed by atoms with Crippen LogP contribution in [-0.4, -0.2) is 11.6 Å². The molecular weight excluding hydrogens is 248 g/mol. The van der Waals surface area contributed by atoms with Gasteiger partial charge in [-0.05, 0) is 55.1 Å². The van der Waals surface area contributed by atoms with Crippen molar-refractivity contribution in [2.45, 2.75) is 58.3 Å². The van der Waals surface area contributed by atoms with E-state index in [1.165, 1.54) is 16.7 Å². The number of carbonyl (C=O) groups excluding carboxylic acids is 2. The van der Waals surface area contributed by atoms with Crippen LogP contribution in [0.25, 0.3) is 0 Å². The normalized spacial score (nSPS) is 40.1. The van der Waals surface area contributed by atoms with Gasteiger partial charge >= 0.3 is 0 Å². The summed E-state index contributed by atoms with van der Waals surface area (Å²) >= 11 is 0. The Balaban J connectivity index is 1.75. The third-order valence-corrected chi connectivity index (χ3v) is 6.37. The fraction of sp³-hybridized carbons (Fsp3) is 0.667. The van der Waals surface area contributed by atoms with Crippen LogP contribution in [0.4, 0.5) is 0 Å². The Hall–Kier alpha value is -1.18. The molecule has 0 aromatic heterocycles. The number of ketones is 2. The van der Waals surface area contributed by atoms with Crippen LogP contribution in [-0.2, 0) is 9.59 Å². The van der Waals surface area contributed by atoms with Crippen molar-refractivity contribution in [3.8, 4) is 0 Å². The van der Waals surface area contributed by atoms with Crippen LogP contribution in [0.15, 0.2) is 22.8 Å². The summed E-state index contributed by atoms with van der Waals surface area (Å²) in [6.45, 7) is 2.19. The molecule has 106 valence electrons. The highest BCUT2D eigenvalue weighted by Gasteiger charge is 2.52. The first-order valence-electron chi connectivity index (χ1n) is 8.06. The second-order valence-corrected chi connectivity index (χ2v) is 7.29. The third-order valence-electron chi connectivity index (χ3n) is 6.37. The van der Waals surface area contributed by atoms with Crippen LogP contribution in [0, 0.1) is 17.3 Å². The van der Waals surface area contributed by atoms with E-state index in [2.05, 4.69) is 13.0 Å². The van der Waals surface area contributed by atoms with E-state index in [9.17, 15) is 9.59 Å². The Bertz CT molecular complexity index is 566. The lowest BCUT2D eigenvalue weighted by atomic mass is 9.59. The Labute approximate surface area is 120 Å². The minimum Gasteiger partial charge on any atom is -0.299 e. The molecule has 0 amide bonds. The number of hydrogen-bond donors (Lipinski definition) is 0. The average Bonchev–Trinajstić information content (AvgIpc) is 2.74. The van der Waals surface area contributed by atoms with Gasteiger partial charge in [-0.15, -0.1) is 0 Å².